The van der Waals surface area contributed by atoms with Crippen molar-refractivity contribution in [2.24, 2.45) is 0 Å². The summed E-state index contributed by atoms with van der Waals surface area (Å²) in [5, 5.41) is 7.87. The van der Waals surface area contributed by atoms with Gasteiger partial charge in [0.1, 0.15) is 10.0 Å². The van der Waals surface area contributed by atoms with Gasteiger partial charge in [-0.2, -0.15) is 0 Å². The summed E-state index contributed by atoms with van der Waals surface area (Å²) in [7, 11) is 1.84. The summed E-state index contributed by atoms with van der Waals surface area (Å²) < 4.78 is 0. The molecule has 2 aromatic rings. The summed E-state index contributed by atoms with van der Waals surface area (Å²) in [6.45, 7) is 0. The van der Waals surface area contributed by atoms with Crippen molar-refractivity contribution in [3.8, 4) is 10.4 Å². The Morgan fingerprint density at radius 2 is 2.13 bits per heavy atom. The zero-order valence-electron chi connectivity index (χ0n) is 7.80. The highest BCUT2D eigenvalue weighted by Crippen LogP contribution is 2.44. The summed E-state index contributed by atoms with van der Waals surface area (Å²) in [5.74, 6) is 0. The third kappa shape index (κ3) is 1.95. The van der Waals surface area contributed by atoms with Gasteiger partial charge in [-0.1, -0.05) is 23.2 Å². The minimum atomic E-state index is 0.612. The van der Waals surface area contributed by atoms with Gasteiger partial charge >= 0.3 is 0 Å². The van der Waals surface area contributed by atoms with E-state index in [1.807, 2.05) is 18.5 Å². The maximum Gasteiger partial charge on any atom is 0.108 e. The molecule has 80 valence electrons. The van der Waals surface area contributed by atoms with E-state index in [9.17, 15) is 0 Å². The average Bonchev–Trinajstić information content (AvgIpc) is 2.72. The molecule has 0 fully saturated rings. The third-order valence-corrected chi connectivity index (χ3v) is 4.86. The topological polar surface area (TPSA) is 38.0 Å². The zero-order valence-corrected chi connectivity index (χ0v) is 10.9. The fraction of sp³-hybridized carbons (Fsp3) is 0.111. The summed E-state index contributed by atoms with van der Waals surface area (Å²) in [6, 6.07) is 1.89. The second-order valence-corrected chi connectivity index (χ2v) is 5.61. The number of anilines is 2. The Bertz CT molecular complexity index is 490. The molecule has 0 aliphatic heterocycles. The molecule has 0 aliphatic carbocycles. The quantitative estimate of drug-likeness (QED) is 0.854. The van der Waals surface area contributed by atoms with Crippen LogP contribution in [0.4, 0.5) is 10.0 Å². The predicted octanol–water partition coefficient (Wildman–Crippen LogP) is 4.41. The Labute approximate surface area is 106 Å². The molecule has 0 aromatic carbocycles. The first-order chi connectivity index (χ1) is 7.13. The highest BCUT2D eigenvalue weighted by Gasteiger charge is 2.13. The van der Waals surface area contributed by atoms with Gasteiger partial charge in [0, 0.05) is 22.9 Å². The Morgan fingerprint density at radius 3 is 2.60 bits per heavy atom. The van der Waals surface area contributed by atoms with Crippen LogP contribution < -0.4 is 11.1 Å². The first-order valence-electron chi connectivity index (χ1n) is 4.13. The van der Waals surface area contributed by atoms with Crippen molar-refractivity contribution < 1.29 is 0 Å². The van der Waals surface area contributed by atoms with Gasteiger partial charge in [-0.15, -0.1) is 22.7 Å². The van der Waals surface area contributed by atoms with E-state index in [1.165, 1.54) is 11.3 Å². The smallest absolute Gasteiger partial charge is 0.108 e. The van der Waals surface area contributed by atoms with Crippen molar-refractivity contribution in [1.82, 2.24) is 0 Å². The molecule has 2 heterocycles. The highest BCUT2D eigenvalue weighted by atomic mass is 35.5. The molecule has 2 aromatic heterocycles. The Morgan fingerprint density at radius 1 is 1.40 bits per heavy atom. The van der Waals surface area contributed by atoms with Crippen LogP contribution in [-0.2, 0) is 0 Å². The monoisotopic (exact) mass is 278 g/mol. The van der Waals surface area contributed by atoms with E-state index in [2.05, 4.69) is 5.32 Å². The number of nitrogens with two attached hydrogens (primary N) is 1. The largest absolute Gasteiger partial charge is 0.389 e. The van der Waals surface area contributed by atoms with Crippen LogP contribution in [-0.4, -0.2) is 7.05 Å². The molecule has 0 aliphatic rings. The van der Waals surface area contributed by atoms with E-state index >= 15 is 0 Å². The molecule has 0 atom stereocenters. The van der Waals surface area contributed by atoms with E-state index in [4.69, 9.17) is 28.9 Å². The van der Waals surface area contributed by atoms with E-state index in [-0.39, 0.29) is 0 Å². The molecule has 0 unspecified atom stereocenters. The first-order valence-corrected chi connectivity index (χ1v) is 6.58. The van der Waals surface area contributed by atoms with Crippen molar-refractivity contribution in [3.63, 3.8) is 0 Å². The summed E-state index contributed by atoms with van der Waals surface area (Å²) in [5.41, 5.74) is 6.65. The fourth-order valence-electron chi connectivity index (χ4n) is 1.20. The lowest BCUT2D eigenvalue weighted by Gasteiger charge is -1.94. The minimum Gasteiger partial charge on any atom is -0.389 e. The van der Waals surface area contributed by atoms with Crippen molar-refractivity contribution in [2.75, 3.05) is 18.1 Å². The average molecular weight is 279 g/mol. The van der Waals surface area contributed by atoms with Gasteiger partial charge < -0.3 is 11.1 Å². The third-order valence-electron chi connectivity index (χ3n) is 1.94. The maximum atomic E-state index is 6.08. The van der Waals surface area contributed by atoms with Crippen molar-refractivity contribution in [2.45, 2.75) is 0 Å². The predicted molar refractivity (Wildman–Crippen MR) is 71.6 cm³/mol. The van der Waals surface area contributed by atoms with Crippen LogP contribution in [0.1, 0.15) is 0 Å². The Hall–Kier alpha value is -0.420. The lowest BCUT2D eigenvalue weighted by atomic mass is 10.3. The molecule has 0 saturated heterocycles. The molecule has 0 bridgehead atoms. The molecular formula is C9H8Cl2N2S2. The molecule has 0 saturated carbocycles. The van der Waals surface area contributed by atoms with Crippen LogP contribution in [0.5, 0.6) is 0 Å². The molecule has 0 amide bonds. The molecule has 2 rings (SSSR count). The number of halogens is 2. The number of hydrogen-bond acceptors (Lipinski definition) is 4. The lowest BCUT2D eigenvalue weighted by Crippen LogP contribution is -1.81. The minimum absolute atomic E-state index is 0.612. The Kier molecular flexibility index (Phi) is 3.11. The molecule has 15 heavy (non-hydrogen) atoms. The highest BCUT2D eigenvalue weighted by molar-refractivity contribution is 7.21. The summed E-state index contributed by atoms with van der Waals surface area (Å²) in [6.07, 6.45) is 0. The van der Waals surface area contributed by atoms with Crippen molar-refractivity contribution >= 4 is 55.9 Å². The second-order valence-electron chi connectivity index (χ2n) is 2.87. The van der Waals surface area contributed by atoms with Gasteiger partial charge in [-0.3, -0.25) is 0 Å². The van der Waals surface area contributed by atoms with Crippen molar-refractivity contribution in [3.05, 3.63) is 21.5 Å². The number of thiophene rings is 2. The SMILES string of the molecule is CNc1sc(-c2csc(N)c2Cl)cc1Cl. The summed E-state index contributed by atoms with van der Waals surface area (Å²) >= 11 is 15.1. The van der Waals surface area contributed by atoms with E-state index < -0.39 is 0 Å². The summed E-state index contributed by atoms with van der Waals surface area (Å²) in [4.78, 5) is 1.03. The van der Waals surface area contributed by atoms with Gasteiger partial charge in [-0.25, -0.2) is 0 Å². The van der Waals surface area contributed by atoms with Crippen LogP contribution in [0.2, 0.25) is 10.0 Å². The first kappa shape index (κ1) is 11.1. The van der Waals surface area contributed by atoms with Gasteiger partial charge in [-0.05, 0) is 6.07 Å². The number of hydrogen-bond donors (Lipinski definition) is 2. The van der Waals surface area contributed by atoms with Crippen LogP contribution in [0, 0.1) is 0 Å². The molecular weight excluding hydrogens is 271 g/mol. The number of nitrogen functional groups attached to an aromatic ring is 1. The van der Waals surface area contributed by atoms with Crippen molar-refractivity contribution in [1.29, 1.82) is 0 Å². The maximum absolute atomic E-state index is 6.08. The van der Waals surface area contributed by atoms with Crippen LogP contribution in [0.25, 0.3) is 10.4 Å². The standard InChI is InChI=1S/C9H8Cl2N2S2/c1-13-9-5(10)2-6(15-9)4-3-14-8(12)7(4)11/h2-3,13H,12H2,1H3. The van der Waals surface area contributed by atoms with Gasteiger partial charge in [0.05, 0.1) is 10.0 Å². The van der Waals surface area contributed by atoms with E-state index in [0.29, 0.717) is 15.0 Å². The molecule has 0 radical (unpaired) electrons. The van der Waals surface area contributed by atoms with Gasteiger partial charge in [0.2, 0.25) is 0 Å². The van der Waals surface area contributed by atoms with E-state index in [1.54, 1.807) is 11.3 Å². The van der Waals surface area contributed by atoms with Crippen LogP contribution >= 0.6 is 45.9 Å². The number of nitrogens with one attached hydrogen (secondary N) is 1. The normalized spacial score (nSPS) is 10.6. The second kappa shape index (κ2) is 4.22. The molecule has 2 nitrogen and oxygen atoms in total. The lowest BCUT2D eigenvalue weighted by molar-refractivity contribution is 1.59. The van der Waals surface area contributed by atoms with E-state index in [0.717, 1.165) is 15.4 Å². The fourth-order valence-corrected chi connectivity index (χ4v) is 3.70. The molecule has 6 heteroatoms. The van der Waals surface area contributed by atoms with Crippen LogP contribution in [0.3, 0.4) is 0 Å². The zero-order chi connectivity index (χ0) is 11.0. The van der Waals surface area contributed by atoms with Gasteiger partial charge in [0.25, 0.3) is 0 Å². The van der Waals surface area contributed by atoms with Gasteiger partial charge in [0.15, 0.2) is 0 Å². The Balaban J connectivity index is 2.50. The molecule has 0 spiro atoms. The molecule has 3 N–H and O–H groups in total. The van der Waals surface area contributed by atoms with Crippen LogP contribution in [0.15, 0.2) is 11.4 Å². The number of rotatable bonds is 2.